The van der Waals surface area contributed by atoms with Crippen molar-refractivity contribution in [1.82, 2.24) is 19.9 Å². The highest BCUT2D eigenvalue weighted by atomic mass is 32.1. The van der Waals surface area contributed by atoms with Gasteiger partial charge in [-0.1, -0.05) is 12.1 Å². The summed E-state index contributed by atoms with van der Waals surface area (Å²) in [7, 11) is 4.02. The molecule has 1 amide bonds. The van der Waals surface area contributed by atoms with Crippen LogP contribution in [0.5, 0.6) is 5.88 Å². The number of pyridine rings is 1. The molecule has 2 aliphatic heterocycles. The number of benzene rings is 1. The van der Waals surface area contributed by atoms with Crippen molar-refractivity contribution in [3.63, 3.8) is 0 Å². The van der Waals surface area contributed by atoms with E-state index in [9.17, 15) is 4.79 Å². The number of nitrogens with zero attached hydrogens (tertiary/aromatic N) is 5. The van der Waals surface area contributed by atoms with Crippen molar-refractivity contribution in [1.29, 1.82) is 0 Å². The molecule has 2 atom stereocenters. The molecule has 2 aliphatic rings. The van der Waals surface area contributed by atoms with Crippen LogP contribution < -0.4 is 9.64 Å². The maximum Gasteiger partial charge on any atom is 0.242 e. The number of hydrogen-bond acceptors (Lipinski definition) is 8. The smallest absolute Gasteiger partial charge is 0.242 e. The first-order chi connectivity index (χ1) is 16.6. The fraction of sp³-hybridized carbons (Fsp3) is 0.440. The van der Waals surface area contributed by atoms with Gasteiger partial charge in [0.15, 0.2) is 5.52 Å². The molecule has 0 aliphatic carbocycles. The van der Waals surface area contributed by atoms with Gasteiger partial charge in [-0.25, -0.2) is 9.97 Å². The van der Waals surface area contributed by atoms with Crippen molar-refractivity contribution in [2.45, 2.75) is 12.5 Å². The van der Waals surface area contributed by atoms with Gasteiger partial charge in [-0.15, -0.1) is 0 Å². The summed E-state index contributed by atoms with van der Waals surface area (Å²) in [5.74, 6) is 0.507. The Balaban J connectivity index is 0.00000180. The molecule has 2 aromatic heterocycles. The van der Waals surface area contributed by atoms with Crippen molar-refractivity contribution in [3.05, 3.63) is 42.7 Å². The van der Waals surface area contributed by atoms with E-state index in [1.165, 1.54) is 0 Å². The van der Waals surface area contributed by atoms with Crippen LogP contribution >= 0.6 is 27.0 Å². The minimum absolute atomic E-state index is 0. The number of fused-ring (bicyclic) bond motifs is 1. The third-order valence-electron chi connectivity index (χ3n) is 6.24. The van der Waals surface area contributed by atoms with Crippen molar-refractivity contribution in [3.8, 4) is 17.1 Å². The highest BCUT2D eigenvalue weighted by Crippen LogP contribution is 2.28. The second kappa shape index (κ2) is 12.6. The molecule has 0 unspecified atom stereocenters. The lowest BCUT2D eigenvalue weighted by Gasteiger charge is -2.34. The van der Waals surface area contributed by atoms with E-state index in [-0.39, 0.29) is 51.5 Å². The van der Waals surface area contributed by atoms with Crippen LogP contribution in [0.15, 0.2) is 42.7 Å². The third-order valence-corrected chi connectivity index (χ3v) is 6.24. The molecule has 194 valence electrons. The molecule has 5 rings (SSSR count). The zero-order chi connectivity index (χ0) is 23.5. The Kier molecular flexibility index (Phi) is 9.77. The van der Waals surface area contributed by atoms with E-state index in [1.807, 2.05) is 37.2 Å². The molecule has 0 N–H and O–H groups in total. The highest BCUT2D eigenvalue weighted by molar-refractivity contribution is 7.59. The van der Waals surface area contributed by atoms with Gasteiger partial charge in [-0.05, 0) is 24.6 Å². The van der Waals surface area contributed by atoms with Gasteiger partial charge in [0.25, 0.3) is 0 Å². The lowest BCUT2D eigenvalue weighted by Crippen LogP contribution is -2.49. The number of carbonyl (C=O) groups is 1. The molecule has 3 aromatic rings. The Hall–Kier alpha value is -2.60. The Morgan fingerprint density at radius 3 is 2.64 bits per heavy atom. The Morgan fingerprint density at radius 1 is 1.14 bits per heavy atom. The number of hydrogen-bond donors (Lipinski definition) is 0. The van der Waals surface area contributed by atoms with Crippen LogP contribution in [0.4, 0.5) is 5.69 Å². The molecular formula is C25H33N5O4S2. The number of anilines is 1. The van der Waals surface area contributed by atoms with Crippen molar-refractivity contribution >= 4 is 49.6 Å². The average molecular weight is 532 g/mol. The molecule has 4 heterocycles. The Labute approximate surface area is 225 Å². The van der Waals surface area contributed by atoms with Gasteiger partial charge in [0.2, 0.25) is 11.8 Å². The Bertz CT molecular complexity index is 1160. The first kappa shape index (κ1) is 28.0. The summed E-state index contributed by atoms with van der Waals surface area (Å²) in [5, 5.41) is 0. The minimum atomic E-state index is -0.239. The summed E-state index contributed by atoms with van der Waals surface area (Å²) in [6.45, 7) is 3.00. The van der Waals surface area contributed by atoms with Crippen LogP contribution in [0.1, 0.15) is 6.42 Å². The number of ether oxygens (including phenoxy) is 3. The summed E-state index contributed by atoms with van der Waals surface area (Å²) in [6, 6.07) is 10.1. The number of morpholine rings is 1. The molecule has 2 fully saturated rings. The van der Waals surface area contributed by atoms with E-state index < -0.39 is 0 Å². The van der Waals surface area contributed by atoms with Gasteiger partial charge in [0.1, 0.15) is 12.7 Å². The molecule has 9 nitrogen and oxygen atoms in total. The molecular weight excluding hydrogens is 498 g/mol. The van der Waals surface area contributed by atoms with Gasteiger partial charge < -0.3 is 24.0 Å². The van der Waals surface area contributed by atoms with Crippen LogP contribution in [-0.4, -0.2) is 85.5 Å². The van der Waals surface area contributed by atoms with Crippen LogP contribution in [0.25, 0.3) is 22.3 Å². The number of amides is 1. The molecule has 1 aromatic carbocycles. The number of aromatic nitrogens is 3. The first-order valence-corrected chi connectivity index (χ1v) is 11.6. The largest absolute Gasteiger partial charge is 0.473 e. The second-order valence-electron chi connectivity index (χ2n) is 8.83. The number of carbonyl (C=O) groups excluding carboxylic acids is 1. The third kappa shape index (κ3) is 6.20. The Morgan fingerprint density at radius 2 is 1.92 bits per heavy atom. The zero-order valence-electron chi connectivity index (χ0n) is 20.5. The van der Waals surface area contributed by atoms with E-state index in [4.69, 9.17) is 19.2 Å². The van der Waals surface area contributed by atoms with Gasteiger partial charge in [-0.2, -0.15) is 27.0 Å². The molecule has 0 radical (unpaired) electrons. The molecule has 2 saturated heterocycles. The van der Waals surface area contributed by atoms with Crippen LogP contribution in [0.2, 0.25) is 0 Å². The molecule has 11 heteroatoms. The van der Waals surface area contributed by atoms with E-state index in [0.717, 1.165) is 23.4 Å². The molecule has 0 spiro atoms. The van der Waals surface area contributed by atoms with Gasteiger partial charge in [0.05, 0.1) is 36.9 Å². The fourth-order valence-corrected chi connectivity index (χ4v) is 4.30. The predicted octanol–water partition coefficient (Wildman–Crippen LogP) is 2.63. The zero-order valence-corrected chi connectivity index (χ0v) is 22.5. The quantitative estimate of drug-likeness (QED) is 0.480. The van der Waals surface area contributed by atoms with Crippen molar-refractivity contribution < 1.29 is 19.0 Å². The lowest BCUT2D eigenvalue weighted by atomic mass is 10.1. The highest BCUT2D eigenvalue weighted by Gasteiger charge is 2.32. The standard InChI is InChI=1S/C25H29N5O4.2H2S/c1-29(2)19-5-3-17(4-6-19)21-13-22-23(27-9-8-26-22)24(28-21)34-16-20-14-30(10-12-33-20)25(31)18-7-11-32-15-18;;/h3-6,8-9,13,18,20H,7,10-12,14-16H2,1-2H3;2*1H2/t18-,20-;;/m0../s1. The van der Waals surface area contributed by atoms with Gasteiger partial charge in [0, 0.05) is 50.9 Å². The maximum atomic E-state index is 12.8. The summed E-state index contributed by atoms with van der Waals surface area (Å²) < 4.78 is 17.4. The van der Waals surface area contributed by atoms with Gasteiger partial charge in [-0.3, -0.25) is 9.78 Å². The summed E-state index contributed by atoms with van der Waals surface area (Å²) in [4.78, 5) is 30.3. The van der Waals surface area contributed by atoms with Crippen molar-refractivity contribution in [2.24, 2.45) is 5.92 Å². The van der Waals surface area contributed by atoms with Gasteiger partial charge >= 0.3 is 0 Å². The summed E-state index contributed by atoms with van der Waals surface area (Å²) >= 11 is 0. The maximum absolute atomic E-state index is 12.8. The van der Waals surface area contributed by atoms with E-state index in [1.54, 1.807) is 12.4 Å². The van der Waals surface area contributed by atoms with E-state index >= 15 is 0 Å². The minimum Gasteiger partial charge on any atom is -0.473 e. The second-order valence-corrected chi connectivity index (χ2v) is 8.83. The average Bonchev–Trinajstić information content (AvgIpc) is 3.42. The predicted molar refractivity (Wildman–Crippen MR) is 149 cm³/mol. The van der Waals surface area contributed by atoms with E-state index in [2.05, 4.69) is 27.0 Å². The molecule has 0 saturated carbocycles. The lowest BCUT2D eigenvalue weighted by molar-refractivity contribution is -0.144. The van der Waals surface area contributed by atoms with Crippen molar-refractivity contribution in [2.75, 3.05) is 58.5 Å². The normalized spacial score (nSPS) is 19.3. The fourth-order valence-electron chi connectivity index (χ4n) is 4.30. The van der Waals surface area contributed by atoms with Crippen LogP contribution in [0.3, 0.4) is 0 Å². The monoisotopic (exact) mass is 531 g/mol. The summed E-state index contributed by atoms with van der Waals surface area (Å²) in [6.07, 6.45) is 3.83. The van der Waals surface area contributed by atoms with E-state index in [0.29, 0.717) is 49.8 Å². The first-order valence-electron chi connectivity index (χ1n) is 11.6. The topological polar surface area (TPSA) is 89.9 Å². The van der Waals surface area contributed by atoms with Crippen LogP contribution in [0, 0.1) is 5.92 Å². The summed E-state index contributed by atoms with van der Waals surface area (Å²) in [5.41, 5.74) is 4.15. The molecule has 36 heavy (non-hydrogen) atoms. The molecule has 0 bridgehead atoms. The van der Waals surface area contributed by atoms with Crippen LogP contribution in [-0.2, 0) is 14.3 Å². The number of rotatable bonds is 6. The SMILES string of the molecule is CN(C)c1ccc(-c2cc3nccnc3c(OC[C@@H]3CN(C(=O)[C@H]4CCOC4)CCO3)n2)cc1.S.S.